The van der Waals surface area contributed by atoms with Crippen LogP contribution < -0.4 is 10.6 Å². The van der Waals surface area contributed by atoms with Crippen LogP contribution in [0.25, 0.3) is 0 Å². The first kappa shape index (κ1) is 15.0. The Bertz CT molecular complexity index is 197. The molecule has 0 amide bonds. The lowest BCUT2D eigenvalue weighted by Crippen LogP contribution is -2.39. The second kappa shape index (κ2) is 6.75. The van der Waals surface area contributed by atoms with Crippen LogP contribution in [-0.4, -0.2) is 26.2 Å². The van der Waals surface area contributed by atoms with Gasteiger partial charge in [-0.1, -0.05) is 34.6 Å². The highest BCUT2D eigenvalue weighted by atomic mass is 15.0. The highest BCUT2D eigenvalue weighted by molar-refractivity contribution is 4.88. The third kappa shape index (κ3) is 4.26. The van der Waals surface area contributed by atoms with Gasteiger partial charge in [0, 0.05) is 13.1 Å². The Kier molecular flexibility index (Phi) is 5.94. The van der Waals surface area contributed by atoms with Gasteiger partial charge in [-0.2, -0.15) is 0 Å². The third-order valence-corrected chi connectivity index (χ3v) is 4.67. The van der Waals surface area contributed by atoms with E-state index in [1.54, 1.807) is 0 Å². The van der Waals surface area contributed by atoms with Gasteiger partial charge < -0.3 is 10.6 Å². The van der Waals surface area contributed by atoms with Crippen LogP contribution >= 0.6 is 0 Å². The van der Waals surface area contributed by atoms with E-state index >= 15 is 0 Å². The zero-order valence-electron chi connectivity index (χ0n) is 12.5. The smallest absolute Gasteiger partial charge is 0.00205 e. The zero-order chi connectivity index (χ0) is 12.9. The molecular formula is C15H32N2. The highest BCUT2D eigenvalue weighted by Crippen LogP contribution is 2.28. The van der Waals surface area contributed by atoms with E-state index in [1.807, 2.05) is 0 Å². The lowest BCUT2D eigenvalue weighted by molar-refractivity contribution is 0.240. The third-order valence-electron chi connectivity index (χ3n) is 4.67. The number of hydrogen-bond donors (Lipinski definition) is 2. The Balaban J connectivity index is 2.34. The Morgan fingerprint density at radius 2 is 1.82 bits per heavy atom. The van der Waals surface area contributed by atoms with Gasteiger partial charge in [-0.25, -0.2) is 0 Å². The molecule has 0 saturated carbocycles. The van der Waals surface area contributed by atoms with Crippen molar-refractivity contribution in [2.45, 2.75) is 47.5 Å². The second-order valence-corrected chi connectivity index (χ2v) is 6.56. The van der Waals surface area contributed by atoms with E-state index in [2.05, 4.69) is 45.3 Å². The summed E-state index contributed by atoms with van der Waals surface area (Å²) in [4.78, 5) is 0. The summed E-state index contributed by atoms with van der Waals surface area (Å²) in [5, 5.41) is 7.25. The van der Waals surface area contributed by atoms with Gasteiger partial charge in [0.25, 0.3) is 0 Å². The van der Waals surface area contributed by atoms with Crippen molar-refractivity contribution < 1.29 is 0 Å². The fourth-order valence-corrected chi connectivity index (χ4v) is 3.12. The maximum atomic E-state index is 3.74. The van der Waals surface area contributed by atoms with Gasteiger partial charge in [0.1, 0.15) is 0 Å². The van der Waals surface area contributed by atoms with Crippen molar-refractivity contribution in [2.75, 3.05) is 26.2 Å². The minimum absolute atomic E-state index is 0.526. The van der Waals surface area contributed by atoms with Gasteiger partial charge in [0.15, 0.2) is 0 Å². The Labute approximate surface area is 108 Å². The van der Waals surface area contributed by atoms with Gasteiger partial charge in [-0.15, -0.1) is 0 Å². The van der Waals surface area contributed by atoms with Crippen LogP contribution in [0.4, 0.5) is 0 Å². The maximum absolute atomic E-state index is 3.74. The zero-order valence-corrected chi connectivity index (χ0v) is 12.5. The van der Waals surface area contributed by atoms with Crippen molar-refractivity contribution in [1.29, 1.82) is 0 Å². The van der Waals surface area contributed by atoms with E-state index in [9.17, 15) is 0 Å². The molecule has 102 valence electrons. The van der Waals surface area contributed by atoms with Crippen molar-refractivity contribution in [2.24, 2.45) is 23.2 Å². The predicted octanol–water partition coefficient (Wildman–Crippen LogP) is 2.89. The van der Waals surface area contributed by atoms with Crippen molar-refractivity contribution >= 4 is 0 Å². The van der Waals surface area contributed by atoms with Crippen molar-refractivity contribution in [1.82, 2.24) is 10.6 Å². The molecule has 1 heterocycles. The molecule has 0 bridgehead atoms. The highest BCUT2D eigenvalue weighted by Gasteiger charge is 2.31. The van der Waals surface area contributed by atoms with Crippen LogP contribution in [0.15, 0.2) is 0 Å². The van der Waals surface area contributed by atoms with Gasteiger partial charge in [-0.3, -0.25) is 0 Å². The van der Waals surface area contributed by atoms with Gasteiger partial charge in [-0.05, 0) is 49.1 Å². The number of nitrogens with one attached hydrogen (secondary N) is 2. The first-order valence-electron chi connectivity index (χ1n) is 7.42. The molecule has 1 rings (SSSR count). The van der Waals surface area contributed by atoms with Crippen LogP contribution in [0.3, 0.4) is 0 Å². The molecule has 1 atom stereocenters. The molecule has 17 heavy (non-hydrogen) atoms. The van der Waals surface area contributed by atoms with Crippen LogP contribution in [0.2, 0.25) is 0 Å². The molecule has 1 aliphatic rings. The summed E-state index contributed by atoms with van der Waals surface area (Å²) in [5.74, 6) is 2.36. The van der Waals surface area contributed by atoms with E-state index in [4.69, 9.17) is 0 Å². The molecule has 0 aromatic heterocycles. The Morgan fingerprint density at radius 1 is 1.18 bits per heavy atom. The van der Waals surface area contributed by atoms with Crippen LogP contribution in [0.1, 0.15) is 47.5 Å². The normalized spacial score (nSPS) is 25.4. The van der Waals surface area contributed by atoms with Crippen LogP contribution in [0.5, 0.6) is 0 Å². The fourth-order valence-electron chi connectivity index (χ4n) is 3.12. The van der Waals surface area contributed by atoms with Crippen molar-refractivity contribution in [3.63, 3.8) is 0 Å². The van der Waals surface area contributed by atoms with E-state index in [0.717, 1.165) is 17.8 Å². The predicted molar refractivity (Wildman–Crippen MR) is 76.2 cm³/mol. The summed E-state index contributed by atoms with van der Waals surface area (Å²) in [5.41, 5.74) is 0.526. The molecule has 0 radical (unpaired) electrons. The summed E-state index contributed by atoms with van der Waals surface area (Å²) in [7, 11) is 0. The molecule has 2 N–H and O–H groups in total. The second-order valence-electron chi connectivity index (χ2n) is 6.56. The molecule has 0 aromatic carbocycles. The van der Waals surface area contributed by atoms with Crippen molar-refractivity contribution in [3.05, 3.63) is 0 Å². The quantitative estimate of drug-likeness (QED) is 0.715. The molecule has 1 unspecified atom stereocenters. The molecule has 1 fully saturated rings. The minimum atomic E-state index is 0.526. The Hall–Kier alpha value is -0.0800. The molecule has 0 aliphatic carbocycles. The van der Waals surface area contributed by atoms with Gasteiger partial charge in [0.2, 0.25) is 0 Å². The van der Waals surface area contributed by atoms with Crippen LogP contribution in [-0.2, 0) is 0 Å². The first-order valence-corrected chi connectivity index (χ1v) is 7.42. The average molecular weight is 240 g/mol. The lowest BCUT2D eigenvalue weighted by atomic mass is 9.82. The molecule has 2 heteroatoms. The summed E-state index contributed by atoms with van der Waals surface area (Å²) in [6, 6.07) is 0. The van der Waals surface area contributed by atoms with E-state index in [1.165, 1.54) is 39.0 Å². The maximum Gasteiger partial charge on any atom is 0.00205 e. The van der Waals surface area contributed by atoms with E-state index in [0.29, 0.717) is 5.41 Å². The minimum Gasteiger partial charge on any atom is -0.316 e. The summed E-state index contributed by atoms with van der Waals surface area (Å²) < 4.78 is 0. The largest absolute Gasteiger partial charge is 0.316 e. The monoisotopic (exact) mass is 240 g/mol. The molecule has 2 nitrogen and oxygen atoms in total. The van der Waals surface area contributed by atoms with Gasteiger partial charge >= 0.3 is 0 Å². The fraction of sp³-hybridized carbons (Fsp3) is 1.00. The number of hydrogen-bond acceptors (Lipinski definition) is 2. The summed E-state index contributed by atoms with van der Waals surface area (Å²) in [6.45, 7) is 16.5. The van der Waals surface area contributed by atoms with Crippen molar-refractivity contribution in [3.8, 4) is 0 Å². The standard InChI is InChI=1S/C15H32N2/c1-6-15(7-8-16-10-15)11-17-9-14(12(2)3)13(4)5/h12-14,16-17H,6-11H2,1-5H3. The lowest BCUT2D eigenvalue weighted by Gasteiger charge is -2.30. The number of rotatable bonds is 7. The molecule has 1 saturated heterocycles. The summed E-state index contributed by atoms with van der Waals surface area (Å²) in [6.07, 6.45) is 2.63. The molecule has 1 aliphatic heterocycles. The molecule has 0 spiro atoms. The Morgan fingerprint density at radius 3 is 2.24 bits per heavy atom. The molecule has 0 aromatic rings. The first-order chi connectivity index (χ1) is 8.01. The van der Waals surface area contributed by atoms with E-state index in [-0.39, 0.29) is 0 Å². The molecular weight excluding hydrogens is 208 g/mol. The van der Waals surface area contributed by atoms with Crippen LogP contribution in [0, 0.1) is 23.2 Å². The van der Waals surface area contributed by atoms with Gasteiger partial charge in [0.05, 0.1) is 0 Å². The van der Waals surface area contributed by atoms with E-state index < -0.39 is 0 Å². The SMILES string of the molecule is CCC1(CNCC(C(C)C)C(C)C)CCNC1. The topological polar surface area (TPSA) is 24.1 Å². The summed E-state index contributed by atoms with van der Waals surface area (Å²) >= 11 is 0. The average Bonchev–Trinajstić information content (AvgIpc) is 2.72.